The lowest BCUT2D eigenvalue weighted by Gasteiger charge is -2.48. The van der Waals surface area contributed by atoms with Crippen molar-refractivity contribution in [1.82, 2.24) is 29.7 Å². The number of aromatic nitrogens is 4. The quantitative estimate of drug-likeness (QED) is 0.118. The number of likely N-dealkylation sites (tertiary alicyclic amines) is 2. The lowest BCUT2D eigenvalue weighted by atomic mass is 9.68. The molecule has 2 aromatic heterocycles. The molecule has 0 amide bonds. The van der Waals surface area contributed by atoms with E-state index in [0.717, 1.165) is 83.7 Å². The highest BCUT2D eigenvalue weighted by molar-refractivity contribution is 7.92. The van der Waals surface area contributed by atoms with Gasteiger partial charge in [0.15, 0.2) is 0 Å². The average molecular weight is 1170 g/mol. The Morgan fingerprint density at radius 1 is 0.583 bits per heavy atom. The first-order chi connectivity index (χ1) is 39.9. The maximum absolute atomic E-state index is 14.2. The van der Waals surface area contributed by atoms with Gasteiger partial charge in [0, 0.05) is 163 Å². The molecule has 4 bridgehead atoms. The summed E-state index contributed by atoms with van der Waals surface area (Å²) in [6, 6.07) is 33.8. The SMILES string of the molecule is CN1C[C@H]2C[C@@H]1CN2c1ccc(Nc2ncc3c(n2)N(c2ccc(C[C@]45COC(C)(C)C[C@H]4N(c4cccc(N=S(C)(C)=O)c4)c4nc(Nc6ccc(N7C[C@H]8C[C@@H]7CN8C)cc6)ncc45)c(N=S(C)(C)=O)c2)[C@H]2CC(C)(C)OC[C@@]32C)cc1. The molecule has 2 N–H and O–H groups in total. The van der Waals surface area contributed by atoms with E-state index in [0.29, 0.717) is 73.5 Å². The van der Waals surface area contributed by atoms with Crippen LogP contribution in [0.4, 0.5) is 69.0 Å². The summed E-state index contributed by atoms with van der Waals surface area (Å²) in [5, 5.41) is 7.12. The van der Waals surface area contributed by atoms with Gasteiger partial charge in [0.25, 0.3) is 0 Å². The van der Waals surface area contributed by atoms with Crippen molar-refractivity contribution < 1.29 is 17.9 Å². The third-order valence-electron chi connectivity index (χ3n) is 19.5. The minimum atomic E-state index is -2.69. The fourth-order valence-electron chi connectivity index (χ4n) is 15.3. The van der Waals surface area contributed by atoms with Crippen molar-refractivity contribution in [2.24, 2.45) is 8.73 Å². The molecule has 6 aromatic rings. The Morgan fingerprint density at radius 3 is 1.64 bits per heavy atom. The van der Waals surface area contributed by atoms with Crippen LogP contribution in [-0.4, -0.2) is 164 Å². The predicted octanol–water partition coefficient (Wildman–Crippen LogP) is 10.4. The lowest BCUT2D eigenvalue weighted by Crippen LogP contribution is -2.56. The van der Waals surface area contributed by atoms with Crippen LogP contribution in [0.1, 0.15) is 77.0 Å². The fraction of sp³-hybridized carbons (Fsp3) is 0.500. The largest absolute Gasteiger partial charge is 0.374 e. The van der Waals surface area contributed by atoms with Crippen molar-refractivity contribution in [3.63, 3.8) is 0 Å². The standard InChI is InChI=1S/C64H80N14O4S2/c1-61(2)30-55-63(5,38-81-61)52-32-65-59(67-41-16-21-44(22-17-41)75-36-48-26-50(75)34-73(48)6)69-57(52)77(55)47-20-15-40(54(28-47)72-84(10,11)80)29-64-39-82-62(3,4)31-56(64)78(46-14-12-13-43(25-46)71-83(8,9)79)58-53(64)33-66-60(70-58)68-42-18-23-45(24-19-42)76-37-49-27-51(76)35-74(49)7/h12-25,28,32-33,48-51,55-56H,26-27,29-31,34-39H2,1-11H3,(H,65,67,69)(H,66,68,70)/t48-,49-,50-,51-,55+,56-,63+,64-/m1/s1. The van der Waals surface area contributed by atoms with Crippen molar-refractivity contribution in [2.45, 2.75) is 125 Å². The van der Waals surface area contributed by atoms with Crippen LogP contribution in [-0.2, 0) is 46.2 Å². The topological polar surface area (TPSA) is 172 Å². The van der Waals surface area contributed by atoms with Crippen LogP contribution < -0.4 is 30.2 Å². The van der Waals surface area contributed by atoms with Gasteiger partial charge in [-0.3, -0.25) is 9.80 Å². The fourth-order valence-corrected chi connectivity index (χ4v) is 16.5. The highest BCUT2D eigenvalue weighted by Crippen LogP contribution is 2.58. The minimum absolute atomic E-state index is 0.0370. The van der Waals surface area contributed by atoms with Crippen LogP contribution in [0.15, 0.2) is 112 Å². The zero-order valence-electron chi connectivity index (χ0n) is 50.4. The number of piperazine rings is 2. The van der Waals surface area contributed by atoms with Crippen LogP contribution in [0.2, 0.25) is 0 Å². The van der Waals surface area contributed by atoms with Gasteiger partial charge < -0.3 is 39.7 Å². The molecule has 4 aromatic carbocycles. The zero-order valence-corrected chi connectivity index (χ0v) is 52.0. The van der Waals surface area contributed by atoms with Gasteiger partial charge in [-0.1, -0.05) is 19.1 Å². The maximum atomic E-state index is 14.2. The Bertz CT molecular complexity index is 3840. The molecule has 8 atom stereocenters. The number of benzene rings is 4. The number of likely N-dealkylation sites (N-methyl/N-ethyl adjacent to an activating group) is 2. The van der Waals surface area contributed by atoms with Crippen LogP contribution in [0.3, 0.4) is 0 Å². The van der Waals surface area contributed by atoms with Gasteiger partial charge in [-0.2, -0.15) is 18.7 Å². The summed E-state index contributed by atoms with van der Waals surface area (Å²) in [6.45, 7) is 16.0. The summed E-state index contributed by atoms with van der Waals surface area (Å²) in [7, 11) is -0.699. The summed E-state index contributed by atoms with van der Waals surface area (Å²) < 4.78 is 50.8. The van der Waals surface area contributed by atoms with E-state index in [1.54, 1.807) is 25.0 Å². The number of ether oxygens (including phenoxy) is 2. The number of hydrogen-bond donors (Lipinski definition) is 2. The Morgan fingerprint density at radius 2 is 1.10 bits per heavy atom. The van der Waals surface area contributed by atoms with E-state index in [4.69, 9.17) is 33.8 Å². The van der Waals surface area contributed by atoms with E-state index < -0.39 is 41.5 Å². The van der Waals surface area contributed by atoms with E-state index in [-0.39, 0.29) is 12.1 Å². The van der Waals surface area contributed by atoms with Crippen LogP contribution in [0, 0.1) is 0 Å². The summed E-state index contributed by atoms with van der Waals surface area (Å²) in [4.78, 5) is 35.6. The first-order valence-electron chi connectivity index (χ1n) is 29.7. The molecule has 20 heteroatoms. The average Bonchev–Trinajstić information content (AvgIpc) is 1.67. The van der Waals surface area contributed by atoms with E-state index in [1.807, 2.05) is 30.6 Å². The molecule has 10 heterocycles. The Balaban J connectivity index is 0.837. The van der Waals surface area contributed by atoms with Crippen LogP contribution >= 0.6 is 0 Å². The van der Waals surface area contributed by atoms with Crippen LogP contribution in [0.25, 0.3) is 0 Å². The molecule has 84 heavy (non-hydrogen) atoms. The zero-order chi connectivity index (χ0) is 58.5. The molecule has 0 aliphatic carbocycles. The third kappa shape index (κ3) is 9.95. The number of anilines is 10. The van der Waals surface area contributed by atoms with Gasteiger partial charge in [-0.05, 0) is 158 Å². The molecule has 18 nitrogen and oxygen atoms in total. The second-order valence-corrected chi connectivity index (χ2v) is 32.5. The summed E-state index contributed by atoms with van der Waals surface area (Å²) >= 11 is 0. The van der Waals surface area contributed by atoms with Crippen LogP contribution in [0.5, 0.6) is 0 Å². The van der Waals surface area contributed by atoms with Crippen molar-refractivity contribution in [3.8, 4) is 0 Å². The van der Waals surface area contributed by atoms with Gasteiger partial charge in [0.05, 0.1) is 47.9 Å². The molecular formula is C64H80N14O4S2. The second kappa shape index (κ2) is 19.8. The first kappa shape index (κ1) is 55.5. The maximum Gasteiger partial charge on any atom is 0.229 e. The minimum Gasteiger partial charge on any atom is -0.374 e. The molecule has 8 aliphatic rings. The molecule has 0 unspecified atom stereocenters. The number of hydrogen-bond acceptors (Lipinski definition) is 18. The Labute approximate surface area is 496 Å². The molecule has 442 valence electrons. The number of fused-ring (bicyclic) bond motifs is 10. The number of nitrogens with zero attached hydrogens (tertiary/aromatic N) is 12. The molecule has 8 aliphatic heterocycles. The molecule has 6 fully saturated rings. The smallest absolute Gasteiger partial charge is 0.229 e. The molecule has 0 spiro atoms. The Hall–Kier alpha value is -6.42. The highest BCUT2D eigenvalue weighted by Gasteiger charge is 2.59. The van der Waals surface area contributed by atoms with Crippen molar-refractivity contribution in [3.05, 3.63) is 120 Å². The summed E-state index contributed by atoms with van der Waals surface area (Å²) in [6.07, 6.45) is 14.9. The van der Waals surface area contributed by atoms with E-state index in [9.17, 15) is 8.42 Å². The van der Waals surface area contributed by atoms with Gasteiger partial charge in [0.2, 0.25) is 11.9 Å². The third-order valence-corrected chi connectivity index (χ3v) is 20.8. The lowest BCUT2D eigenvalue weighted by molar-refractivity contribution is -0.0935. The van der Waals surface area contributed by atoms with Crippen molar-refractivity contribution >= 4 is 88.5 Å². The van der Waals surface area contributed by atoms with Gasteiger partial charge >= 0.3 is 0 Å². The monoisotopic (exact) mass is 1170 g/mol. The molecule has 14 rings (SSSR count). The van der Waals surface area contributed by atoms with Crippen molar-refractivity contribution in [2.75, 3.05) is 109 Å². The van der Waals surface area contributed by atoms with Gasteiger partial charge in [0.1, 0.15) is 11.6 Å². The number of nitrogens with one attached hydrogen (secondary N) is 2. The first-order valence-corrected chi connectivity index (χ1v) is 34.4. The van der Waals surface area contributed by atoms with E-state index >= 15 is 0 Å². The van der Waals surface area contributed by atoms with Gasteiger partial charge in [-0.15, -0.1) is 0 Å². The molecule has 0 saturated carbocycles. The molecule has 0 radical (unpaired) electrons. The van der Waals surface area contributed by atoms with E-state index in [1.165, 1.54) is 24.2 Å². The predicted molar refractivity (Wildman–Crippen MR) is 339 cm³/mol. The summed E-state index contributed by atoms with van der Waals surface area (Å²) in [5.74, 6) is 2.54. The second-order valence-electron chi connectivity index (χ2n) is 27.4. The van der Waals surface area contributed by atoms with E-state index in [2.05, 4.69) is 166 Å². The van der Waals surface area contributed by atoms with Gasteiger partial charge in [-0.25, -0.2) is 18.4 Å². The Kier molecular flexibility index (Phi) is 13.1. The summed E-state index contributed by atoms with van der Waals surface area (Å²) in [5.41, 5.74) is 8.15. The normalized spacial score (nSPS) is 28.3. The molecule has 6 saturated heterocycles. The molecular weight excluding hydrogens is 1090 g/mol. The number of rotatable bonds is 12. The van der Waals surface area contributed by atoms with Crippen molar-refractivity contribution in [1.29, 1.82) is 0 Å². The highest BCUT2D eigenvalue weighted by atomic mass is 32.2.